The van der Waals surface area contributed by atoms with Crippen molar-refractivity contribution in [2.24, 2.45) is 5.92 Å². The molecule has 0 amide bonds. The number of aryl methyl sites for hydroxylation is 1. The third-order valence-electron chi connectivity index (χ3n) is 6.04. The van der Waals surface area contributed by atoms with Crippen molar-refractivity contribution in [1.82, 2.24) is 14.5 Å². The van der Waals surface area contributed by atoms with Crippen LogP contribution >= 0.6 is 0 Å². The third-order valence-corrected chi connectivity index (χ3v) is 6.04. The molecule has 0 radical (unpaired) electrons. The minimum atomic E-state index is -0.267. The lowest BCUT2D eigenvalue weighted by Crippen LogP contribution is -2.42. The molecule has 0 spiro atoms. The highest BCUT2D eigenvalue weighted by molar-refractivity contribution is 5.83. The number of piperidine rings is 1. The Morgan fingerprint density at radius 2 is 1.86 bits per heavy atom. The van der Waals surface area contributed by atoms with Gasteiger partial charge in [-0.2, -0.15) is 0 Å². The number of halogens is 1. The van der Waals surface area contributed by atoms with Crippen molar-refractivity contribution in [1.29, 1.82) is 0 Å². The fraction of sp³-hybridized carbons (Fsp3) is 0.417. The van der Waals surface area contributed by atoms with E-state index >= 15 is 0 Å². The second-order valence-electron chi connectivity index (χ2n) is 8.41. The van der Waals surface area contributed by atoms with Gasteiger partial charge in [0.05, 0.1) is 10.9 Å². The van der Waals surface area contributed by atoms with Gasteiger partial charge in [-0.1, -0.05) is 18.2 Å². The van der Waals surface area contributed by atoms with E-state index in [-0.39, 0.29) is 11.4 Å². The molecule has 1 aliphatic rings. The van der Waals surface area contributed by atoms with Crippen LogP contribution in [0.5, 0.6) is 0 Å². The van der Waals surface area contributed by atoms with Crippen molar-refractivity contribution in [2.75, 3.05) is 13.1 Å². The SMILES string of the molecule is Cc1nc2ccc(-c3ccc(F)cc3)cc2c(=O)n1C[C@H]1CCCN(C(C)C)C1. The first-order valence-electron chi connectivity index (χ1n) is 10.4. The summed E-state index contributed by atoms with van der Waals surface area (Å²) in [6.07, 6.45) is 2.31. The van der Waals surface area contributed by atoms with E-state index in [4.69, 9.17) is 4.98 Å². The lowest BCUT2D eigenvalue weighted by atomic mass is 9.96. The Morgan fingerprint density at radius 3 is 2.59 bits per heavy atom. The summed E-state index contributed by atoms with van der Waals surface area (Å²) in [6, 6.07) is 12.6. The zero-order valence-corrected chi connectivity index (χ0v) is 17.4. The van der Waals surface area contributed by atoms with Crippen LogP contribution in [-0.2, 0) is 6.54 Å². The number of rotatable bonds is 4. The first-order chi connectivity index (χ1) is 13.9. The van der Waals surface area contributed by atoms with E-state index in [1.165, 1.54) is 18.6 Å². The van der Waals surface area contributed by atoms with Gasteiger partial charge in [-0.05, 0) is 81.5 Å². The van der Waals surface area contributed by atoms with Gasteiger partial charge in [-0.3, -0.25) is 9.36 Å². The van der Waals surface area contributed by atoms with Gasteiger partial charge in [-0.25, -0.2) is 9.37 Å². The second kappa shape index (κ2) is 8.07. The van der Waals surface area contributed by atoms with Gasteiger partial charge < -0.3 is 4.90 Å². The molecule has 4 rings (SSSR count). The molecular weight excluding hydrogens is 365 g/mol. The van der Waals surface area contributed by atoms with E-state index in [0.717, 1.165) is 36.5 Å². The van der Waals surface area contributed by atoms with E-state index in [1.807, 2.05) is 29.7 Å². The lowest BCUT2D eigenvalue weighted by molar-refractivity contribution is 0.129. The number of aromatic nitrogens is 2. The first kappa shape index (κ1) is 19.8. The van der Waals surface area contributed by atoms with Crippen molar-refractivity contribution in [3.8, 4) is 11.1 Å². The third kappa shape index (κ3) is 4.10. The molecule has 3 aromatic rings. The van der Waals surface area contributed by atoms with Gasteiger partial charge in [0.15, 0.2) is 0 Å². The Bertz CT molecular complexity index is 1070. The van der Waals surface area contributed by atoms with Gasteiger partial charge in [0.1, 0.15) is 11.6 Å². The molecular formula is C24H28FN3O. The van der Waals surface area contributed by atoms with Gasteiger partial charge in [-0.15, -0.1) is 0 Å². The van der Waals surface area contributed by atoms with Gasteiger partial charge in [0, 0.05) is 19.1 Å². The van der Waals surface area contributed by atoms with E-state index in [1.54, 1.807) is 12.1 Å². The standard InChI is InChI=1S/C24H28FN3O/c1-16(2)27-12-4-5-18(14-27)15-28-17(3)26-23-11-8-20(13-22(23)24(28)29)19-6-9-21(25)10-7-19/h6-11,13,16,18H,4-5,12,14-15H2,1-3H3/t18-/m0/s1. The predicted octanol–water partition coefficient (Wildman–Crippen LogP) is 4.63. The Morgan fingerprint density at radius 1 is 1.14 bits per heavy atom. The number of nitrogens with zero attached hydrogens (tertiary/aromatic N) is 3. The first-order valence-corrected chi connectivity index (χ1v) is 10.4. The lowest BCUT2D eigenvalue weighted by Gasteiger charge is -2.35. The molecule has 2 heterocycles. The predicted molar refractivity (Wildman–Crippen MR) is 116 cm³/mol. The van der Waals surface area contributed by atoms with Gasteiger partial charge in [0.2, 0.25) is 0 Å². The highest BCUT2D eigenvalue weighted by atomic mass is 19.1. The topological polar surface area (TPSA) is 38.1 Å². The highest BCUT2D eigenvalue weighted by Crippen LogP contribution is 2.24. The number of benzene rings is 2. The molecule has 152 valence electrons. The van der Waals surface area contributed by atoms with Crippen molar-refractivity contribution < 1.29 is 4.39 Å². The van der Waals surface area contributed by atoms with Crippen molar-refractivity contribution in [3.05, 3.63) is 64.5 Å². The van der Waals surface area contributed by atoms with Crippen molar-refractivity contribution in [3.63, 3.8) is 0 Å². The minimum Gasteiger partial charge on any atom is -0.301 e. The Labute approximate surface area is 171 Å². The highest BCUT2D eigenvalue weighted by Gasteiger charge is 2.23. The summed E-state index contributed by atoms with van der Waals surface area (Å²) in [4.78, 5) is 20.5. The maximum Gasteiger partial charge on any atom is 0.261 e. The number of fused-ring (bicyclic) bond motifs is 1. The summed E-state index contributed by atoms with van der Waals surface area (Å²) in [5.41, 5.74) is 2.51. The molecule has 1 aliphatic heterocycles. The van der Waals surface area contributed by atoms with Crippen LogP contribution in [-0.4, -0.2) is 33.6 Å². The van der Waals surface area contributed by atoms with E-state index in [9.17, 15) is 9.18 Å². The quantitative estimate of drug-likeness (QED) is 0.649. The zero-order chi connectivity index (χ0) is 20.5. The Kier molecular flexibility index (Phi) is 5.50. The summed E-state index contributed by atoms with van der Waals surface area (Å²) in [5.74, 6) is 0.956. The summed E-state index contributed by atoms with van der Waals surface area (Å²) in [7, 11) is 0. The Balaban J connectivity index is 1.69. The van der Waals surface area contributed by atoms with Crippen LogP contribution in [0.3, 0.4) is 0 Å². The molecule has 0 N–H and O–H groups in total. The molecule has 0 unspecified atom stereocenters. The molecule has 1 saturated heterocycles. The van der Waals surface area contributed by atoms with Gasteiger partial charge >= 0.3 is 0 Å². The van der Waals surface area contributed by atoms with Crippen LogP contribution in [0.4, 0.5) is 4.39 Å². The smallest absolute Gasteiger partial charge is 0.261 e. The molecule has 4 nitrogen and oxygen atoms in total. The summed E-state index contributed by atoms with van der Waals surface area (Å²) in [6.45, 7) is 9.24. The molecule has 2 aromatic carbocycles. The summed E-state index contributed by atoms with van der Waals surface area (Å²) < 4.78 is 15.1. The number of likely N-dealkylation sites (tertiary alicyclic amines) is 1. The molecule has 0 saturated carbocycles. The monoisotopic (exact) mass is 393 g/mol. The van der Waals surface area contributed by atoms with Crippen LogP contribution in [0.2, 0.25) is 0 Å². The van der Waals surface area contributed by atoms with Crippen LogP contribution in [0, 0.1) is 18.7 Å². The van der Waals surface area contributed by atoms with Crippen LogP contribution in [0.25, 0.3) is 22.0 Å². The number of hydrogen-bond donors (Lipinski definition) is 0. The minimum absolute atomic E-state index is 0.0122. The molecule has 1 fully saturated rings. The molecule has 29 heavy (non-hydrogen) atoms. The largest absolute Gasteiger partial charge is 0.301 e. The molecule has 5 heteroatoms. The van der Waals surface area contributed by atoms with E-state index < -0.39 is 0 Å². The molecule has 0 aliphatic carbocycles. The summed E-state index contributed by atoms with van der Waals surface area (Å²) >= 11 is 0. The molecule has 0 bridgehead atoms. The fourth-order valence-corrected chi connectivity index (χ4v) is 4.34. The van der Waals surface area contributed by atoms with Crippen molar-refractivity contribution >= 4 is 10.9 Å². The average molecular weight is 394 g/mol. The molecule has 1 aromatic heterocycles. The zero-order valence-electron chi connectivity index (χ0n) is 17.4. The van der Waals surface area contributed by atoms with Gasteiger partial charge in [0.25, 0.3) is 5.56 Å². The average Bonchev–Trinajstić information content (AvgIpc) is 2.72. The van der Waals surface area contributed by atoms with E-state index in [0.29, 0.717) is 29.4 Å². The van der Waals surface area contributed by atoms with Crippen LogP contribution in [0.1, 0.15) is 32.5 Å². The normalized spacial score (nSPS) is 17.9. The van der Waals surface area contributed by atoms with E-state index in [2.05, 4.69) is 18.7 Å². The van der Waals surface area contributed by atoms with Crippen LogP contribution < -0.4 is 5.56 Å². The van der Waals surface area contributed by atoms with Crippen LogP contribution in [0.15, 0.2) is 47.3 Å². The molecule has 1 atom stereocenters. The second-order valence-corrected chi connectivity index (χ2v) is 8.41. The summed E-state index contributed by atoms with van der Waals surface area (Å²) in [5, 5.41) is 0.619. The van der Waals surface area contributed by atoms with Crippen molar-refractivity contribution in [2.45, 2.75) is 46.2 Å². The maximum atomic E-state index is 13.3. The fourth-order valence-electron chi connectivity index (χ4n) is 4.34. The number of hydrogen-bond acceptors (Lipinski definition) is 3. The maximum absolute atomic E-state index is 13.3. The Hall–Kier alpha value is -2.53.